The maximum absolute atomic E-state index is 14.1. The number of methoxy groups -OCH3 is 1. The van der Waals surface area contributed by atoms with Crippen LogP contribution in [0, 0.1) is 20.8 Å². The Balaban J connectivity index is 1.66. The minimum absolute atomic E-state index is 0.0248. The number of hydrogen-bond acceptors (Lipinski definition) is 8. The lowest BCUT2D eigenvalue weighted by Gasteiger charge is -2.23. The number of carbonyl (C=O) groups excluding carboxylic acids is 2. The number of Topliss-reactive ketones (excluding diaryl/α,β-unsaturated/α-hetero) is 1. The molecule has 0 radical (unpaired) electrons. The standard InChI is InChI=1S/C32H34N2O6S/c1-7-8-9-10-13-39-23-12-11-21(16-25(23)38-6)27-26-28(36)22-14-17(2)18(3)15-24(22)40-29(26)31(37)34(27)32-33-19(4)30(41-32)20(5)35/h11-12,14-16,27H,7-10,13H2,1-6H3. The van der Waals surface area contributed by atoms with E-state index in [1.165, 1.54) is 11.8 Å². The summed E-state index contributed by atoms with van der Waals surface area (Å²) in [5.74, 6) is 0.434. The van der Waals surface area contributed by atoms with Crippen LogP contribution >= 0.6 is 11.3 Å². The van der Waals surface area contributed by atoms with E-state index in [4.69, 9.17) is 13.9 Å². The predicted molar refractivity (Wildman–Crippen MR) is 160 cm³/mol. The van der Waals surface area contributed by atoms with Crippen LogP contribution in [-0.4, -0.2) is 30.4 Å². The van der Waals surface area contributed by atoms with Crippen molar-refractivity contribution in [1.29, 1.82) is 0 Å². The van der Waals surface area contributed by atoms with Crippen LogP contribution in [0.5, 0.6) is 11.5 Å². The van der Waals surface area contributed by atoms with E-state index >= 15 is 0 Å². The van der Waals surface area contributed by atoms with E-state index in [2.05, 4.69) is 11.9 Å². The van der Waals surface area contributed by atoms with E-state index in [0.717, 1.165) is 48.1 Å². The fraction of sp³-hybridized carbons (Fsp3) is 0.375. The fourth-order valence-corrected chi connectivity index (χ4v) is 6.23. The van der Waals surface area contributed by atoms with Crippen molar-refractivity contribution in [2.45, 2.75) is 66.3 Å². The molecule has 8 nitrogen and oxygen atoms in total. The second-order valence-electron chi connectivity index (χ2n) is 10.5. The SMILES string of the molecule is CCCCCCOc1ccc(C2c3c(oc4cc(C)c(C)cc4c3=O)C(=O)N2c2nc(C)c(C(C)=O)s2)cc1OC. The number of aromatic nitrogens is 1. The number of unbranched alkanes of at least 4 members (excludes halogenated alkanes) is 3. The third-order valence-corrected chi connectivity index (χ3v) is 8.81. The van der Waals surface area contributed by atoms with Gasteiger partial charge in [0.05, 0.1) is 41.3 Å². The summed E-state index contributed by atoms with van der Waals surface area (Å²) in [4.78, 5) is 46.8. The molecule has 1 unspecified atom stereocenters. The summed E-state index contributed by atoms with van der Waals surface area (Å²) < 4.78 is 17.8. The zero-order valence-electron chi connectivity index (χ0n) is 24.3. The molecule has 0 N–H and O–H groups in total. The summed E-state index contributed by atoms with van der Waals surface area (Å²) in [6.07, 6.45) is 4.32. The number of nitrogens with zero attached hydrogens (tertiary/aromatic N) is 2. The molecule has 9 heteroatoms. The Kier molecular flexibility index (Phi) is 8.00. The van der Waals surface area contributed by atoms with Gasteiger partial charge >= 0.3 is 0 Å². The van der Waals surface area contributed by atoms with Crippen LogP contribution in [0.25, 0.3) is 11.0 Å². The number of aryl methyl sites for hydroxylation is 3. The van der Waals surface area contributed by atoms with Gasteiger partial charge in [-0.2, -0.15) is 0 Å². The van der Waals surface area contributed by atoms with E-state index < -0.39 is 11.9 Å². The van der Waals surface area contributed by atoms with Gasteiger partial charge in [-0.25, -0.2) is 4.98 Å². The van der Waals surface area contributed by atoms with Gasteiger partial charge in [-0.3, -0.25) is 19.3 Å². The number of rotatable bonds is 10. The Labute approximate surface area is 242 Å². The molecule has 2 aromatic carbocycles. The normalized spacial score (nSPS) is 14.5. The molecular formula is C32H34N2O6S. The summed E-state index contributed by atoms with van der Waals surface area (Å²) in [6.45, 7) is 9.80. The van der Waals surface area contributed by atoms with Gasteiger partial charge in [-0.15, -0.1) is 0 Å². The average molecular weight is 575 g/mol. The van der Waals surface area contributed by atoms with Crippen LogP contribution in [0.2, 0.25) is 0 Å². The summed E-state index contributed by atoms with van der Waals surface area (Å²) in [7, 11) is 1.56. The Morgan fingerprint density at radius 2 is 1.80 bits per heavy atom. The Morgan fingerprint density at radius 1 is 1.05 bits per heavy atom. The molecule has 41 heavy (non-hydrogen) atoms. The average Bonchev–Trinajstić information content (AvgIpc) is 3.47. The Bertz CT molecular complexity index is 1720. The summed E-state index contributed by atoms with van der Waals surface area (Å²) >= 11 is 1.13. The number of anilines is 1. The Morgan fingerprint density at radius 3 is 2.49 bits per heavy atom. The maximum atomic E-state index is 14.1. The van der Waals surface area contributed by atoms with Gasteiger partial charge in [-0.05, 0) is 68.1 Å². The van der Waals surface area contributed by atoms with Crippen LogP contribution in [-0.2, 0) is 0 Å². The van der Waals surface area contributed by atoms with Gasteiger partial charge in [0.25, 0.3) is 5.91 Å². The topological polar surface area (TPSA) is 98.9 Å². The van der Waals surface area contributed by atoms with Gasteiger partial charge in [0.1, 0.15) is 5.58 Å². The highest BCUT2D eigenvalue weighted by atomic mass is 32.1. The monoisotopic (exact) mass is 574 g/mol. The quantitative estimate of drug-likeness (QED) is 0.147. The fourth-order valence-electron chi connectivity index (χ4n) is 5.24. The smallest absolute Gasteiger partial charge is 0.297 e. The van der Waals surface area contributed by atoms with Crippen molar-refractivity contribution < 1.29 is 23.5 Å². The van der Waals surface area contributed by atoms with Gasteiger partial charge in [0.2, 0.25) is 5.76 Å². The van der Waals surface area contributed by atoms with Gasteiger partial charge < -0.3 is 13.9 Å². The number of amides is 1. The number of ether oxygens (including phenoxy) is 2. The molecule has 0 fully saturated rings. The molecule has 1 atom stereocenters. The first-order valence-corrected chi connectivity index (χ1v) is 14.7. The van der Waals surface area contributed by atoms with E-state index in [9.17, 15) is 14.4 Å². The maximum Gasteiger partial charge on any atom is 0.297 e. The summed E-state index contributed by atoms with van der Waals surface area (Å²) in [6, 6.07) is 8.18. The molecule has 5 rings (SSSR count). The largest absolute Gasteiger partial charge is 0.493 e. The van der Waals surface area contributed by atoms with Crippen LogP contribution in [0.15, 0.2) is 39.5 Å². The lowest BCUT2D eigenvalue weighted by Crippen LogP contribution is -2.29. The lowest BCUT2D eigenvalue weighted by molar-refractivity contribution is 0.0969. The van der Waals surface area contributed by atoms with Crippen LogP contribution in [0.3, 0.4) is 0 Å². The molecular weight excluding hydrogens is 540 g/mol. The van der Waals surface area contributed by atoms with Crippen LogP contribution in [0.1, 0.15) is 93.7 Å². The second-order valence-corrected chi connectivity index (χ2v) is 11.4. The second kappa shape index (κ2) is 11.5. The molecule has 4 aromatic rings. The molecule has 0 aliphatic carbocycles. The first kappa shape index (κ1) is 28.5. The number of thiazole rings is 1. The highest BCUT2D eigenvalue weighted by Crippen LogP contribution is 2.45. The molecule has 0 spiro atoms. The molecule has 1 aliphatic heterocycles. The first-order chi connectivity index (χ1) is 19.7. The highest BCUT2D eigenvalue weighted by Gasteiger charge is 2.45. The van der Waals surface area contributed by atoms with Crippen molar-refractivity contribution in [3.8, 4) is 11.5 Å². The molecule has 1 amide bonds. The lowest BCUT2D eigenvalue weighted by atomic mass is 9.97. The third kappa shape index (κ3) is 5.14. The number of benzene rings is 2. The van der Waals surface area contributed by atoms with Crippen molar-refractivity contribution in [2.24, 2.45) is 0 Å². The molecule has 1 aliphatic rings. The van der Waals surface area contributed by atoms with Crippen molar-refractivity contribution in [2.75, 3.05) is 18.6 Å². The molecule has 214 valence electrons. The third-order valence-electron chi connectivity index (χ3n) is 7.56. The summed E-state index contributed by atoms with van der Waals surface area (Å²) in [5.41, 5.74) is 3.39. The van der Waals surface area contributed by atoms with Crippen LogP contribution < -0.4 is 19.8 Å². The van der Waals surface area contributed by atoms with Crippen molar-refractivity contribution in [1.82, 2.24) is 4.98 Å². The van der Waals surface area contributed by atoms with Crippen LogP contribution in [0.4, 0.5) is 5.13 Å². The van der Waals surface area contributed by atoms with Gasteiger partial charge in [0.15, 0.2) is 27.8 Å². The van der Waals surface area contributed by atoms with E-state index in [1.807, 2.05) is 19.9 Å². The predicted octanol–water partition coefficient (Wildman–Crippen LogP) is 7.09. The minimum Gasteiger partial charge on any atom is -0.493 e. The van der Waals surface area contributed by atoms with Gasteiger partial charge in [0, 0.05) is 6.92 Å². The molecule has 0 bridgehead atoms. The minimum atomic E-state index is -0.836. The first-order valence-electron chi connectivity index (χ1n) is 13.9. The van der Waals surface area contributed by atoms with E-state index in [0.29, 0.717) is 50.3 Å². The van der Waals surface area contributed by atoms with Crippen molar-refractivity contribution >= 4 is 39.1 Å². The summed E-state index contributed by atoms with van der Waals surface area (Å²) in [5, 5.41) is 0.727. The molecule has 3 heterocycles. The number of ketones is 1. The number of fused-ring (bicyclic) bond motifs is 2. The molecule has 0 saturated carbocycles. The Hall–Kier alpha value is -3.98. The zero-order chi connectivity index (χ0) is 29.4. The number of carbonyl (C=O) groups is 2. The van der Waals surface area contributed by atoms with Crippen molar-refractivity contribution in [3.05, 3.63) is 79.1 Å². The molecule has 2 aromatic heterocycles. The molecule has 0 saturated heterocycles. The number of hydrogen-bond donors (Lipinski definition) is 0. The van der Waals surface area contributed by atoms with Crippen molar-refractivity contribution in [3.63, 3.8) is 0 Å². The van der Waals surface area contributed by atoms with E-state index in [1.54, 1.807) is 38.3 Å². The van der Waals surface area contributed by atoms with Gasteiger partial charge in [-0.1, -0.05) is 43.6 Å². The highest BCUT2D eigenvalue weighted by molar-refractivity contribution is 7.17. The van der Waals surface area contributed by atoms with E-state index in [-0.39, 0.29) is 22.5 Å². The zero-order valence-corrected chi connectivity index (χ0v) is 25.1.